The number of nitrogens with one attached hydrogen (secondary N) is 1. The zero-order valence-electron chi connectivity index (χ0n) is 16.9. The maximum atomic E-state index is 13.1. The van der Waals surface area contributed by atoms with Crippen molar-refractivity contribution >= 4 is 63.3 Å². The molecule has 1 aliphatic heterocycles. The van der Waals surface area contributed by atoms with Crippen molar-refractivity contribution in [3.63, 3.8) is 0 Å². The van der Waals surface area contributed by atoms with Gasteiger partial charge in [0, 0.05) is 22.2 Å². The minimum Gasteiger partial charge on any atom is -0.325 e. The second-order valence-corrected chi connectivity index (χ2v) is 9.19. The van der Waals surface area contributed by atoms with Crippen molar-refractivity contribution in [1.82, 2.24) is 4.90 Å². The van der Waals surface area contributed by atoms with Gasteiger partial charge in [0.1, 0.15) is 5.25 Å². The number of carbonyl (C=O) groups is 2. The van der Waals surface area contributed by atoms with Crippen LogP contribution in [0.25, 0.3) is 0 Å². The highest BCUT2D eigenvalue weighted by atomic mass is 35.5. The van der Waals surface area contributed by atoms with E-state index in [1.54, 1.807) is 41.3 Å². The Labute approximate surface area is 200 Å². The summed E-state index contributed by atoms with van der Waals surface area (Å²) in [6, 6.07) is 23.5. The first-order valence-corrected chi connectivity index (χ1v) is 11.5. The summed E-state index contributed by atoms with van der Waals surface area (Å²) < 4.78 is 0. The quantitative estimate of drug-likeness (QED) is 0.472. The molecular formula is C24H19Cl2N3O2S. The van der Waals surface area contributed by atoms with Crippen LogP contribution in [0.1, 0.15) is 12.0 Å². The second kappa shape index (κ2) is 10.2. The molecule has 1 atom stereocenters. The number of halogens is 2. The van der Waals surface area contributed by atoms with Gasteiger partial charge in [-0.1, -0.05) is 65.3 Å². The molecule has 32 heavy (non-hydrogen) atoms. The SMILES string of the molecule is O=C(Nc1ccccc1)C1CC(=O)N(Cc2ccc(Cl)cc2)C(=Nc2ccc(Cl)cc2)S1. The average molecular weight is 484 g/mol. The summed E-state index contributed by atoms with van der Waals surface area (Å²) in [5, 5.41) is 3.98. The Hall–Kier alpha value is -2.80. The molecule has 3 aromatic carbocycles. The first-order chi connectivity index (χ1) is 15.5. The van der Waals surface area contributed by atoms with E-state index in [1.807, 2.05) is 42.5 Å². The number of nitrogens with zero attached hydrogens (tertiary/aromatic N) is 2. The van der Waals surface area contributed by atoms with Crippen LogP contribution in [-0.4, -0.2) is 27.1 Å². The predicted octanol–water partition coefficient (Wildman–Crippen LogP) is 6.15. The van der Waals surface area contributed by atoms with Gasteiger partial charge in [0.15, 0.2) is 5.17 Å². The van der Waals surface area contributed by atoms with E-state index in [9.17, 15) is 9.59 Å². The van der Waals surface area contributed by atoms with Crippen molar-refractivity contribution in [1.29, 1.82) is 0 Å². The van der Waals surface area contributed by atoms with E-state index in [2.05, 4.69) is 10.3 Å². The van der Waals surface area contributed by atoms with Crippen molar-refractivity contribution in [3.05, 3.63) is 94.5 Å². The van der Waals surface area contributed by atoms with Crippen LogP contribution < -0.4 is 5.32 Å². The highest BCUT2D eigenvalue weighted by molar-refractivity contribution is 8.15. The summed E-state index contributed by atoms with van der Waals surface area (Å²) >= 11 is 13.3. The molecule has 2 amide bonds. The molecule has 0 aliphatic carbocycles. The molecule has 4 rings (SSSR count). The normalized spacial score (nSPS) is 17.4. The van der Waals surface area contributed by atoms with Gasteiger partial charge < -0.3 is 5.32 Å². The highest BCUT2D eigenvalue weighted by Gasteiger charge is 2.36. The number of para-hydroxylation sites is 1. The molecule has 1 unspecified atom stereocenters. The third kappa shape index (κ3) is 5.71. The van der Waals surface area contributed by atoms with Gasteiger partial charge in [-0.3, -0.25) is 14.5 Å². The standard InChI is InChI=1S/C24H19Cl2N3O2S/c25-17-8-6-16(7-9-17)15-29-22(30)14-21(23(31)27-19-4-2-1-3-5-19)32-24(29)28-20-12-10-18(26)11-13-20/h1-13,21H,14-15H2,(H,27,31). The predicted molar refractivity (Wildman–Crippen MR) is 132 cm³/mol. The first kappa shape index (κ1) is 22.4. The molecule has 1 N–H and O–H groups in total. The van der Waals surface area contributed by atoms with E-state index in [1.165, 1.54) is 11.8 Å². The number of anilines is 1. The second-order valence-electron chi connectivity index (χ2n) is 7.14. The number of hydrogen-bond donors (Lipinski definition) is 1. The van der Waals surface area contributed by atoms with Gasteiger partial charge in [0.05, 0.1) is 12.2 Å². The Kier molecular flexibility index (Phi) is 7.15. The van der Waals surface area contributed by atoms with Crippen LogP contribution in [0.4, 0.5) is 11.4 Å². The van der Waals surface area contributed by atoms with Crippen molar-refractivity contribution in [2.24, 2.45) is 4.99 Å². The maximum absolute atomic E-state index is 13.1. The van der Waals surface area contributed by atoms with Crippen molar-refractivity contribution in [3.8, 4) is 0 Å². The lowest BCUT2D eigenvalue weighted by molar-refractivity contribution is -0.129. The number of hydrogen-bond acceptors (Lipinski definition) is 4. The van der Waals surface area contributed by atoms with Crippen LogP contribution in [0.3, 0.4) is 0 Å². The molecule has 1 aliphatic rings. The Morgan fingerprint density at radius 1 is 0.969 bits per heavy atom. The molecule has 5 nitrogen and oxygen atoms in total. The van der Waals surface area contributed by atoms with Crippen molar-refractivity contribution in [2.75, 3.05) is 5.32 Å². The molecule has 1 saturated heterocycles. The fourth-order valence-corrected chi connectivity index (χ4v) is 4.49. The summed E-state index contributed by atoms with van der Waals surface area (Å²) in [5.74, 6) is -0.399. The first-order valence-electron chi connectivity index (χ1n) is 9.89. The Morgan fingerprint density at radius 2 is 1.59 bits per heavy atom. The lowest BCUT2D eigenvalue weighted by atomic mass is 10.2. The molecule has 0 bridgehead atoms. The Balaban J connectivity index is 1.60. The minimum absolute atomic E-state index is 0.0799. The van der Waals surface area contributed by atoms with Gasteiger partial charge >= 0.3 is 0 Å². The van der Waals surface area contributed by atoms with E-state index in [0.717, 1.165) is 5.56 Å². The van der Waals surface area contributed by atoms with Crippen molar-refractivity contribution < 1.29 is 9.59 Å². The minimum atomic E-state index is -0.588. The molecule has 1 fully saturated rings. The fourth-order valence-electron chi connectivity index (χ4n) is 3.14. The monoisotopic (exact) mass is 483 g/mol. The van der Waals surface area contributed by atoms with Crippen molar-refractivity contribution in [2.45, 2.75) is 18.2 Å². The Bertz CT molecular complexity index is 1140. The highest BCUT2D eigenvalue weighted by Crippen LogP contribution is 2.31. The molecule has 8 heteroatoms. The summed E-state index contributed by atoms with van der Waals surface area (Å²) in [6.07, 6.45) is 0.0799. The largest absolute Gasteiger partial charge is 0.325 e. The number of carbonyl (C=O) groups excluding carboxylic acids is 2. The van der Waals surface area contributed by atoms with E-state index < -0.39 is 5.25 Å². The smallest absolute Gasteiger partial charge is 0.238 e. The zero-order chi connectivity index (χ0) is 22.5. The number of aliphatic imine (C=N–C) groups is 1. The summed E-state index contributed by atoms with van der Waals surface area (Å²) in [5.41, 5.74) is 2.25. The molecule has 0 saturated carbocycles. The van der Waals surface area contributed by atoms with Crippen LogP contribution in [0, 0.1) is 0 Å². The van der Waals surface area contributed by atoms with E-state index in [-0.39, 0.29) is 18.2 Å². The molecule has 0 spiro atoms. The summed E-state index contributed by atoms with van der Waals surface area (Å²) in [4.78, 5) is 32.2. The zero-order valence-corrected chi connectivity index (χ0v) is 19.2. The summed E-state index contributed by atoms with van der Waals surface area (Å²) in [6.45, 7) is 0.336. The number of rotatable bonds is 5. The topological polar surface area (TPSA) is 61.8 Å². The third-order valence-electron chi connectivity index (χ3n) is 4.78. The van der Waals surface area contributed by atoms with Gasteiger partial charge in [-0.25, -0.2) is 4.99 Å². The molecule has 1 heterocycles. The van der Waals surface area contributed by atoms with E-state index in [0.29, 0.717) is 33.1 Å². The lowest BCUT2D eigenvalue weighted by Gasteiger charge is -2.32. The number of amidine groups is 1. The van der Waals surface area contributed by atoms with Gasteiger partial charge in [-0.2, -0.15) is 0 Å². The molecule has 0 radical (unpaired) electrons. The molecule has 162 valence electrons. The molecular weight excluding hydrogens is 465 g/mol. The summed E-state index contributed by atoms with van der Waals surface area (Å²) in [7, 11) is 0. The Morgan fingerprint density at radius 3 is 2.25 bits per heavy atom. The molecule has 3 aromatic rings. The van der Waals surface area contributed by atoms with Crippen LogP contribution >= 0.6 is 35.0 Å². The maximum Gasteiger partial charge on any atom is 0.238 e. The third-order valence-corrected chi connectivity index (χ3v) is 6.47. The molecule has 0 aromatic heterocycles. The number of thioether (sulfide) groups is 1. The van der Waals surface area contributed by atoms with Gasteiger partial charge in [-0.05, 0) is 54.1 Å². The van der Waals surface area contributed by atoms with Crippen LogP contribution in [0.2, 0.25) is 10.0 Å². The van der Waals surface area contributed by atoms with E-state index >= 15 is 0 Å². The fraction of sp³-hybridized carbons (Fsp3) is 0.125. The van der Waals surface area contributed by atoms with Gasteiger partial charge in [-0.15, -0.1) is 0 Å². The van der Waals surface area contributed by atoms with Gasteiger partial charge in [0.25, 0.3) is 0 Å². The van der Waals surface area contributed by atoms with Crippen LogP contribution in [0.5, 0.6) is 0 Å². The van der Waals surface area contributed by atoms with Crippen LogP contribution in [0.15, 0.2) is 83.9 Å². The number of amides is 2. The van der Waals surface area contributed by atoms with E-state index in [4.69, 9.17) is 23.2 Å². The van der Waals surface area contributed by atoms with Gasteiger partial charge in [0.2, 0.25) is 11.8 Å². The van der Waals surface area contributed by atoms with Crippen LogP contribution in [-0.2, 0) is 16.1 Å². The average Bonchev–Trinajstić information content (AvgIpc) is 2.79. The lowest BCUT2D eigenvalue weighted by Crippen LogP contribution is -2.44. The number of benzene rings is 3.